The van der Waals surface area contributed by atoms with E-state index in [1.165, 1.54) is 16.2 Å². The monoisotopic (exact) mass is 333 g/mol. The van der Waals surface area contributed by atoms with Gasteiger partial charge < -0.3 is 5.32 Å². The second-order valence-corrected chi connectivity index (χ2v) is 6.98. The van der Waals surface area contributed by atoms with E-state index in [2.05, 4.69) is 34.2 Å². The molecule has 1 N–H and O–H groups in total. The van der Waals surface area contributed by atoms with Crippen LogP contribution in [0.5, 0.6) is 0 Å². The maximum Gasteiger partial charge on any atom is 0.261 e. The molecule has 1 aliphatic heterocycles. The minimum Gasteiger partial charge on any atom is -0.348 e. The highest BCUT2D eigenvalue weighted by Gasteiger charge is 2.18. The summed E-state index contributed by atoms with van der Waals surface area (Å²) >= 11 is 7.04. The van der Waals surface area contributed by atoms with Crippen molar-refractivity contribution in [2.75, 3.05) is 11.1 Å². The van der Waals surface area contributed by atoms with Crippen molar-refractivity contribution in [2.24, 2.45) is 0 Å². The molecule has 0 radical (unpaired) electrons. The number of alkyl halides is 1. The highest BCUT2D eigenvalue weighted by molar-refractivity contribution is 9.09. The van der Waals surface area contributed by atoms with Crippen LogP contribution in [-0.2, 0) is 12.2 Å². The second kappa shape index (κ2) is 6.25. The van der Waals surface area contributed by atoms with Crippen LogP contribution in [0.4, 0.5) is 0 Å². The summed E-state index contributed by atoms with van der Waals surface area (Å²) in [7, 11) is 0. The van der Waals surface area contributed by atoms with Crippen molar-refractivity contribution in [3.8, 4) is 0 Å². The van der Waals surface area contributed by atoms with Gasteiger partial charge in [0.1, 0.15) is 0 Å². The van der Waals surface area contributed by atoms with Crippen LogP contribution in [0.3, 0.4) is 0 Å². The Hall–Kier alpha value is -0.000000000000000111. The Balaban J connectivity index is 2.06. The van der Waals surface area contributed by atoms with Gasteiger partial charge in [-0.1, -0.05) is 22.9 Å². The van der Waals surface area contributed by atoms with E-state index >= 15 is 0 Å². The Morgan fingerprint density at radius 2 is 2.47 bits per heavy atom. The molecule has 1 aromatic heterocycles. The van der Waals surface area contributed by atoms with E-state index in [1.54, 1.807) is 11.3 Å². The normalized spacial score (nSPS) is 16.4. The van der Waals surface area contributed by atoms with Crippen molar-refractivity contribution >= 4 is 44.9 Å². The summed E-state index contributed by atoms with van der Waals surface area (Å²) < 4.78 is 0. The highest BCUT2D eigenvalue weighted by Crippen LogP contribution is 2.31. The smallest absolute Gasteiger partial charge is 0.261 e. The molecule has 1 aliphatic rings. The number of hydrogen-bond donors (Lipinski definition) is 1. The van der Waals surface area contributed by atoms with E-state index < -0.39 is 0 Å². The molecule has 0 aromatic carbocycles. The maximum atomic E-state index is 12.1. The van der Waals surface area contributed by atoms with Gasteiger partial charge in [0.05, 0.1) is 4.88 Å². The highest BCUT2D eigenvalue weighted by atomic mass is 79.9. The van der Waals surface area contributed by atoms with Crippen molar-refractivity contribution in [1.29, 1.82) is 0 Å². The summed E-state index contributed by atoms with van der Waals surface area (Å²) in [6.45, 7) is 2.09. The topological polar surface area (TPSA) is 29.1 Å². The molecule has 0 aliphatic carbocycles. The van der Waals surface area contributed by atoms with Crippen LogP contribution in [0.25, 0.3) is 0 Å². The number of carbonyl (C=O) groups excluding carboxylic acids is 1. The lowest BCUT2D eigenvalue weighted by Crippen LogP contribution is -2.35. The third-order valence-electron chi connectivity index (χ3n) is 2.87. The summed E-state index contributed by atoms with van der Waals surface area (Å²) in [5.41, 5.74) is 1.36. The minimum absolute atomic E-state index is 0.0840. The number of thioether (sulfide) groups is 1. The SMILES string of the molecule is CCC(CBr)NC(=O)c1cc2c(s1)CCSC2. The van der Waals surface area contributed by atoms with E-state index in [9.17, 15) is 4.79 Å². The number of hydrogen-bond acceptors (Lipinski definition) is 3. The average Bonchev–Trinajstić information content (AvgIpc) is 2.79. The molecule has 2 nitrogen and oxygen atoms in total. The van der Waals surface area contributed by atoms with Crippen molar-refractivity contribution < 1.29 is 4.79 Å². The van der Waals surface area contributed by atoms with Crippen LogP contribution in [0.15, 0.2) is 6.07 Å². The molecule has 2 rings (SSSR count). The third-order valence-corrected chi connectivity index (χ3v) is 5.89. The van der Waals surface area contributed by atoms with E-state index in [1.807, 2.05) is 11.8 Å². The Kier molecular flexibility index (Phi) is 4.94. The molecule has 1 aromatic rings. The van der Waals surface area contributed by atoms with Crippen molar-refractivity contribution in [3.63, 3.8) is 0 Å². The van der Waals surface area contributed by atoms with Gasteiger partial charge in [0.25, 0.3) is 5.91 Å². The lowest BCUT2D eigenvalue weighted by atomic mass is 10.2. The van der Waals surface area contributed by atoms with Crippen molar-refractivity contribution in [3.05, 3.63) is 21.4 Å². The number of thiophene rings is 1. The van der Waals surface area contributed by atoms with Gasteiger partial charge in [-0.3, -0.25) is 4.79 Å². The van der Waals surface area contributed by atoms with E-state index in [0.717, 1.165) is 28.8 Å². The predicted octanol–water partition coefficient (Wildman–Crippen LogP) is 3.44. The molecule has 1 unspecified atom stereocenters. The summed E-state index contributed by atoms with van der Waals surface area (Å²) in [6.07, 6.45) is 2.07. The molecule has 1 atom stereocenters. The van der Waals surface area contributed by atoms with Crippen LogP contribution in [0, 0.1) is 0 Å². The fourth-order valence-corrected chi connectivity index (χ4v) is 4.66. The van der Waals surface area contributed by atoms with Gasteiger partial charge in [-0.05, 0) is 30.2 Å². The first-order chi connectivity index (χ1) is 8.24. The molecule has 94 valence electrons. The molecular weight excluding hydrogens is 318 g/mol. The van der Waals surface area contributed by atoms with Gasteiger partial charge in [-0.25, -0.2) is 0 Å². The van der Waals surface area contributed by atoms with Gasteiger partial charge in [0.15, 0.2) is 0 Å². The van der Waals surface area contributed by atoms with Crippen LogP contribution in [-0.4, -0.2) is 23.0 Å². The number of amides is 1. The van der Waals surface area contributed by atoms with Crippen molar-refractivity contribution in [1.82, 2.24) is 5.32 Å². The zero-order chi connectivity index (χ0) is 12.3. The van der Waals surface area contributed by atoms with Crippen LogP contribution >= 0.6 is 39.0 Å². The molecule has 0 bridgehead atoms. The Morgan fingerprint density at radius 1 is 1.65 bits per heavy atom. The molecule has 0 fully saturated rings. The number of rotatable bonds is 4. The van der Waals surface area contributed by atoms with Crippen LogP contribution in [0.1, 0.15) is 33.5 Å². The Bertz CT molecular complexity index is 378. The van der Waals surface area contributed by atoms with Crippen LogP contribution < -0.4 is 5.32 Å². The molecular formula is C12H16BrNOS2. The lowest BCUT2D eigenvalue weighted by Gasteiger charge is -2.12. The number of nitrogens with one attached hydrogen (secondary N) is 1. The fraction of sp³-hybridized carbons (Fsp3) is 0.583. The zero-order valence-electron chi connectivity index (χ0n) is 9.79. The molecule has 5 heteroatoms. The second-order valence-electron chi connectivity index (χ2n) is 4.09. The lowest BCUT2D eigenvalue weighted by molar-refractivity contribution is 0.0944. The summed E-state index contributed by atoms with van der Waals surface area (Å²) in [5, 5.41) is 3.88. The van der Waals surface area contributed by atoms with Gasteiger partial charge in [-0.15, -0.1) is 11.3 Å². The molecule has 1 amide bonds. The van der Waals surface area contributed by atoms with Gasteiger partial charge in [0.2, 0.25) is 0 Å². The zero-order valence-corrected chi connectivity index (χ0v) is 13.0. The summed E-state index contributed by atoms with van der Waals surface area (Å²) in [6, 6.07) is 2.30. The average molecular weight is 334 g/mol. The standard InChI is InChI=1S/C12H16BrNOS2/c1-2-9(6-13)14-12(15)11-5-8-7-16-4-3-10(8)17-11/h5,9H,2-4,6-7H2,1H3,(H,14,15). The first-order valence-corrected chi connectivity index (χ1v) is 8.90. The van der Waals surface area contributed by atoms with E-state index in [-0.39, 0.29) is 11.9 Å². The Labute approximate surface area is 119 Å². The summed E-state index contributed by atoms with van der Waals surface area (Å²) in [4.78, 5) is 14.3. The molecule has 0 saturated heterocycles. The third kappa shape index (κ3) is 3.26. The quantitative estimate of drug-likeness (QED) is 0.855. The number of fused-ring (bicyclic) bond motifs is 1. The number of halogens is 1. The van der Waals surface area contributed by atoms with Gasteiger partial charge >= 0.3 is 0 Å². The summed E-state index contributed by atoms with van der Waals surface area (Å²) in [5.74, 6) is 2.34. The largest absolute Gasteiger partial charge is 0.348 e. The number of carbonyl (C=O) groups is 1. The first kappa shape index (κ1) is 13.4. The molecule has 0 saturated carbocycles. The minimum atomic E-state index is 0.0840. The van der Waals surface area contributed by atoms with Crippen molar-refractivity contribution in [2.45, 2.75) is 31.6 Å². The van der Waals surface area contributed by atoms with Gasteiger partial charge in [-0.2, -0.15) is 11.8 Å². The molecule has 0 spiro atoms. The van der Waals surface area contributed by atoms with Crippen LogP contribution in [0.2, 0.25) is 0 Å². The maximum absolute atomic E-state index is 12.1. The van der Waals surface area contributed by atoms with Gasteiger partial charge in [0, 0.05) is 22.0 Å². The Morgan fingerprint density at radius 3 is 3.12 bits per heavy atom. The first-order valence-electron chi connectivity index (χ1n) is 5.80. The predicted molar refractivity (Wildman–Crippen MR) is 79.5 cm³/mol. The van der Waals surface area contributed by atoms with E-state index in [0.29, 0.717) is 0 Å². The van der Waals surface area contributed by atoms with E-state index in [4.69, 9.17) is 0 Å². The fourth-order valence-electron chi connectivity index (χ4n) is 1.77. The molecule has 17 heavy (non-hydrogen) atoms. The number of aryl methyl sites for hydroxylation is 1. The molecule has 2 heterocycles.